The van der Waals surface area contributed by atoms with E-state index in [1.54, 1.807) is 22.2 Å². The summed E-state index contributed by atoms with van der Waals surface area (Å²) < 4.78 is 15.8. The zero-order valence-corrected chi connectivity index (χ0v) is 49.9. The summed E-state index contributed by atoms with van der Waals surface area (Å²) in [5.74, 6) is 3.08. The van der Waals surface area contributed by atoms with Crippen molar-refractivity contribution in [1.82, 2.24) is 40.0 Å². The highest BCUT2D eigenvalue weighted by Crippen LogP contribution is 2.23. The number of ketones is 2. The largest absolute Gasteiger partial charge is 0.444 e. The molecule has 0 saturated carbocycles. The molecule has 0 atom stereocenters. The number of piperidine rings is 4. The highest BCUT2D eigenvalue weighted by Gasteiger charge is 2.29. The number of rotatable bonds is 4. The molecule has 79 heavy (non-hydrogen) atoms. The van der Waals surface area contributed by atoms with Crippen molar-refractivity contribution >= 4 is 41.5 Å². The van der Waals surface area contributed by atoms with E-state index in [4.69, 9.17) is 25.7 Å². The lowest BCUT2D eigenvalue weighted by Crippen LogP contribution is -2.42. The topological polar surface area (TPSA) is 238 Å². The van der Waals surface area contributed by atoms with E-state index in [0.29, 0.717) is 69.4 Å². The molecule has 5 N–H and O–H groups in total. The van der Waals surface area contributed by atoms with Gasteiger partial charge in [0.25, 0.3) is 0 Å². The average Bonchev–Trinajstić information content (AvgIpc) is 3.35. The van der Waals surface area contributed by atoms with E-state index in [9.17, 15) is 24.0 Å². The number of pyridine rings is 4. The molecule has 0 aliphatic carbocycles. The van der Waals surface area contributed by atoms with Gasteiger partial charge >= 0.3 is 18.3 Å². The molecule has 0 bridgehead atoms. The van der Waals surface area contributed by atoms with Crippen LogP contribution in [0, 0.1) is 39.5 Å². The number of Topliss-reactive ketones (excluding diaryl/α,β-unsaturated/α-hetero) is 2. The maximum Gasteiger partial charge on any atom is 0.410 e. The Bertz CT molecular complexity index is 2340. The van der Waals surface area contributed by atoms with Crippen molar-refractivity contribution in [2.45, 2.75) is 171 Å². The first-order valence-electron chi connectivity index (χ1n) is 27.9. The van der Waals surface area contributed by atoms with E-state index in [2.05, 4.69) is 57.3 Å². The normalized spacial score (nSPS) is 16.0. The van der Waals surface area contributed by atoms with Gasteiger partial charge in [0, 0.05) is 101 Å². The minimum atomic E-state index is -0.460. The van der Waals surface area contributed by atoms with Crippen molar-refractivity contribution in [3.8, 4) is 0 Å². The van der Waals surface area contributed by atoms with Crippen LogP contribution in [0.25, 0.3) is 0 Å². The summed E-state index contributed by atoms with van der Waals surface area (Å²) in [7, 11) is 0. The Hall–Kier alpha value is -6.69. The quantitative estimate of drug-likeness (QED) is 0.161. The first kappa shape index (κ1) is 66.6. The number of nitrogens with zero attached hydrogens (tertiary/aromatic N) is 7. The third-order valence-electron chi connectivity index (χ3n) is 12.5. The lowest BCUT2D eigenvalue weighted by Gasteiger charge is -2.33. The first-order valence-corrected chi connectivity index (χ1v) is 27.9. The van der Waals surface area contributed by atoms with Gasteiger partial charge in [-0.15, -0.1) is 0 Å². The monoisotopic (exact) mass is 1090 g/mol. The highest BCUT2D eigenvalue weighted by atomic mass is 16.6. The Kier molecular flexibility index (Phi) is 27.8. The Labute approximate surface area is 471 Å². The second-order valence-corrected chi connectivity index (χ2v) is 23.7. The summed E-state index contributed by atoms with van der Waals surface area (Å²) in [6, 6.07) is 16.0. The van der Waals surface area contributed by atoms with Crippen molar-refractivity contribution < 1.29 is 38.2 Å². The van der Waals surface area contributed by atoms with Crippen LogP contribution in [0.4, 0.5) is 26.0 Å². The molecule has 0 radical (unpaired) electrons. The van der Waals surface area contributed by atoms with Gasteiger partial charge in [0.15, 0.2) is 0 Å². The van der Waals surface area contributed by atoms with Crippen molar-refractivity contribution in [1.29, 1.82) is 0 Å². The smallest absolute Gasteiger partial charge is 0.410 e. The number of hydrogen-bond donors (Lipinski definition) is 3. The van der Waals surface area contributed by atoms with Gasteiger partial charge in [-0.3, -0.25) is 19.6 Å². The van der Waals surface area contributed by atoms with E-state index < -0.39 is 16.8 Å². The van der Waals surface area contributed by atoms with E-state index in [1.807, 2.05) is 124 Å². The number of anilines is 2. The molecular weight excluding hydrogens is 1000 g/mol. The SMILES string of the molecule is CC(C)(C)OC(=O)N1CCC(=O)CC1.CC(C)(C)OC(=O)N1CCC(=O)CC1.Cc1ccc(CC2CCNCC2)nc1.Cc1ccnc(CC2CCN(C(=O)OC(C)(C)C)CC2)c1.Cc1ccnc(N)c1.Cc1ccnc(N)c1. The number of nitrogens with two attached hydrogens (primary N) is 2. The fourth-order valence-electron chi connectivity index (χ4n) is 8.30. The van der Waals surface area contributed by atoms with Crippen LogP contribution in [0.2, 0.25) is 0 Å². The third-order valence-corrected chi connectivity index (χ3v) is 12.5. The molecule has 8 heterocycles. The summed E-state index contributed by atoms with van der Waals surface area (Å²) in [4.78, 5) is 78.4. The molecule has 18 nitrogen and oxygen atoms in total. The van der Waals surface area contributed by atoms with Crippen molar-refractivity contribution in [2.75, 3.05) is 63.8 Å². The molecule has 18 heteroatoms. The maximum atomic E-state index is 12.0. The standard InChI is InChI=1S/C17H26N2O2.C12H18N2.2C10H17NO3.2C6H8N2/c1-13-5-8-18-15(11-13)12-14-6-9-19(10-7-14)16(20)21-17(2,3)4;1-10-2-3-12(14-9-10)8-11-4-6-13-7-5-11;2*1-10(2,3)14-9(13)11-6-4-8(12)5-7-11;2*1-5-2-3-8-6(7)4-5/h5,8,11,14H,6-7,9-10,12H2,1-4H3;2-3,9,11,13H,4-8H2,1H3;2*4-7H2,1-3H3;2*2-4H,1H3,(H2,7,8). The molecule has 4 aromatic rings. The minimum Gasteiger partial charge on any atom is -0.444 e. The number of amides is 3. The lowest BCUT2D eigenvalue weighted by molar-refractivity contribution is -0.122. The second kappa shape index (κ2) is 33.0. The van der Waals surface area contributed by atoms with Gasteiger partial charge in [-0.25, -0.2) is 24.4 Å². The Morgan fingerprint density at radius 1 is 0.494 bits per heavy atom. The van der Waals surface area contributed by atoms with E-state index in [1.165, 1.54) is 42.8 Å². The summed E-state index contributed by atoms with van der Waals surface area (Å²) in [6.07, 6.45) is 15.1. The van der Waals surface area contributed by atoms with Crippen LogP contribution in [0.5, 0.6) is 0 Å². The lowest BCUT2D eigenvalue weighted by atomic mass is 9.92. The molecule has 4 aromatic heterocycles. The van der Waals surface area contributed by atoms with Gasteiger partial charge in [-0.05, 0) is 218 Å². The predicted molar refractivity (Wildman–Crippen MR) is 312 cm³/mol. The van der Waals surface area contributed by atoms with E-state index in [-0.39, 0.29) is 29.8 Å². The second-order valence-electron chi connectivity index (χ2n) is 23.7. The van der Waals surface area contributed by atoms with Crippen LogP contribution in [0.3, 0.4) is 0 Å². The van der Waals surface area contributed by atoms with Crippen molar-refractivity contribution in [2.24, 2.45) is 11.8 Å². The molecule has 0 aromatic carbocycles. The number of aryl methyl sites for hydroxylation is 4. The maximum absolute atomic E-state index is 12.0. The Morgan fingerprint density at radius 3 is 1.20 bits per heavy atom. The molecule has 4 fully saturated rings. The Morgan fingerprint density at radius 2 is 0.861 bits per heavy atom. The van der Waals surface area contributed by atoms with Crippen LogP contribution in [0.15, 0.2) is 73.3 Å². The number of carbonyl (C=O) groups excluding carboxylic acids is 5. The number of hydrogen-bond acceptors (Lipinski definition) is 15. The van der Waals surface area contributed by atoms with Gasteiger partial charge < -0.3 is 45.7 Å². The highest BCUT2D eigenvalue weighted by molar-refractivity contribution is 5.82. The summed E-state index contributed by atoms with van der Waals surface area (Å²) in [5, 5.41) is 3.39. The van der Waals surface area contributed by atoms with E-state index >= 15 is 0 Å². The van der Waals surface area contributed by atoms with Gasteiger partial charge in [-0.1, -0.05) is 6.07 Å². The third kappa shape index (κ3) is 30.3. The summed E-state index contributed by atoms with van der Waals surface area (Å²) in [5.41, 5.74) is 16.6. The van der Waals surface area contributed by atoms with Crippen LogP contribution < -0.4 is 16.8 Å². The van der Waals surface area contributed by atoms with Gasteiger partial charge in [0.05, 0.1) is 0 Å². The molecule has 8 rings (SSSR count). The number of nitrogen functional groups attached to an aromatic ring is 2. The van der Waals surface area contributed by atoms with Gasteiger partial charge in [0.2, 0.25) is 0 Å². The van der Waals surface area contributed by atoms with E-state index in [0.717, 1.165) is 61.5 Å². The zero-order chi connectivity index (χ0) is 58.8. The number of nitrogens with one attached hydrogen (secondary N) is 1. The Balaban J connectivity index is 0.000000256. The molecule has 4 saturated heterocycles. The fourth-order valence-corrected chi connectivity index (χ4v) is 8.30. The van der Waals surface area contributed by atoms with Crippen molar-refractivity contribution in [3.05, 3.63) is 107 Å². The molecule has 4 aliphatic heterocycles. The van der Waals surface area contributed by atoms with Crippen LogP contribution in [-0.2, 0) is 36.6 Å². The zero-order valence-electron chi connectivity index (χ0n) is 49.9. The number of ether oxygens (including phenoxy) is 3. The number of likely N-dealkylation sites (tertiary alicyclic amines) is 3. The predicted octanol–water partition coefficient (Wildman–Crippen LogP) is 10.6. The van der Waals surface area contributed by atoms with Crippen LogP contribution >= 0.6 is 0 Å². The molecule has 0 unspecified atom stereocenters. The summed E-state index contributed by atoms with van der Waals surface area (Å²) >= 11 is 0. The molecular formula is C61H94N10O8. The van der Waals surface area contributed by atoms with Crippen LogP contribution in [-0.4, -0.2) is 134 Å². The van der Waals surface area contributed by atoms with Crippen molar-refractivity contribution in [3.63, 3.8) is 0 Å². The molecule has 4 aliphatic rings. The van der Waals surface area contributed by atoms with Gasteiger partial charge in [-0.2, -0.15) is 0 Å². The first-order chi connectivity index (χ1) is 37.0. The minimum absolute atomic E-state index is 0.186. The summed E-state index contributed by atoms with van der Waals surface area (Å²) in [6.45, 7) is 30.8. The molecule has 436 valence electrons. The van der Waals surface area contributed by atoms with Crippen LogP contribution in [0.1, 0.15) is 147 Å². The molecule has 0 spiro atoms. The number of carbonyl (C=O) groups is 5. The fraction of sp³-hybridized carbons (Fsp3) is 0.590. The number of aromatic nitrogens is 4. The molecule has 3 amide bonds. The van der Waals surface area contributed by atoms with Gasteiger partial charge in [0.1, 0.15) is 40.0 Å². The average molecular weight is 1100 g/mol.